The summed E-state index contributed by atoms with van der Waals surface area (Å²) in [5.41, 5.74) is 4.11. The highest BCUT2D eigenvalue weighted by Crippen LogP contribution is 2.28. The summed E-state index contributed by atoms with van der Waals surface area (Å²) in [6.45, 7) is 8.16. The second-order valence-corrected chi connectivity index (χ2v) is 7.17. The number of hydrogen-bond acceptors (Lipinski definition) is 3. The average molecular weight is 330 g/mol. The number of aromatic amines is 1. The quantitative estimate of drug-likeness (QED) is 0.697. The van der Waals surface area contributed by atoms with Gasteiger partial charge in [0, 0.05) is 4.88 Å². The van der Waals surface area contributed by atoms with Gasteiger partial charge in [-0.25, -0.2) is 0 Å². The van der Waals surface area contributed by atoms with E-state index in [9.17, 15) is 4.79 Å². The van der Waals surface area contributed by atoms with Crippen LogP contribution in [0, 0.1) is 25.5 Å². The summed E-state index contributed by atoms with van der Waals surface area (Å²) in [5.74, 6) is 0. The first kappa shape index (κ1) is 15.2. The molecule has 0 spiro atoms. The number of rotatable bonds is 2. The molecule has 0 atom stereocenters. The maximum Gasteiger partial charge on any atom is 0.267 e. The number of aromatic nitrogens is 2. The van der Waals surface area contributed by atoms with Crippen LogP contribution in [0.5, 0.6) is 0 Å². The molecule has 2 heterocycles. The second-order valence-electron chi connectivity index (χ2n) is 5.56. The van der Waals surface area contributed by atoms with Crippen molar-refractivity contribution in [1.29, 1.82) is 0 Å². The number of nitrogens with one attached hydrogen (secondary N) is 1. The van der Waals surface area contributed by atoms with Crippen LogP contribution in [0.4, 0.5) is 0 Å². The molecule has 0 bridgehead atoms. The van der Waals surface area contributed by atoms with Crippen LogP contribution in [0.1, 0.15) is 28.5 Å². The lowest BCUT2D eigenvalue weighted by Crippen LogP contribution is -2.21. The van der Waals surface area contributed by atoms with E-state index in [-0.39, 0.29) is 5.56 Å². The molecule has 0 saturated carbocycles. The molecule has 2 aromatic heterocycles. The van der Waals surface area contributed by atoms with E-state index in [1.165, 1.54) is 4.88 Å². The highest BCUT2D eigenvalue weighted by molar-refractivity contribution is 7.71. The minimum atomic E-state index is -0.0198. The predicted octanol–water partition coefficient (Wildman–Crippen LogP) is 4.60. The normalized spacial score (nSPS) is 11.3. The van der Waals surface area contributed by atoms with Gasteiger partial charge in [0.15, 0.2) is 4.77 Å². The van der Waals surface area contributed by atoms with Crippen LogP contribution in [0.3, 0.4) is 0 Å². The highest BCUT2D eigenvalue weighted by atomic mass is 32.1. The molecule has 0 saturated heterocycles. The smallest absolute Gasteiger partial charge is 0.267 e. The van der Waals surface area contributed by atoms with Gasteiger partial charge in [-0.1, -0.05) is 19.1 Å². The molecule has 1 aromatic carbocycles. The Labute approximate surface area is 138 Å². The van der Waals surface area contributed by atoms with Gasteiger partial charge in [-0.3, -0.25) is 9.36 Å². The maximum atomic E-state index is 13.1. The molecule has 0 amide bonds. The summed E-state index contributed by atoms with van der Waals surface area (Å²) in [6.07, 6.45) is 0.846. The summed E-state index contributed by atoms with van der Waals surface area (Å²) < 4.78 is 2.08. The van der Waals surface area contributed by atoms with Gasteiger partial charge in [-0.15, -0.1) is 11.3 Å². The van der Waals surface area contributed by atoms with Crippen LogP contribution >= 0.6 is 23.6 Å². The van der Waals surface area contributed by atoms with Crippen molar-refractivity contribution in [2.75, 3.05) is 0 Å². The Bertz CT molecular complexity index is 992. The molecule has 3 rings (SSSR count). The largest absolute Gasteiger partial charge is 0.323 e. The van der Waals surface area contributed by atoms with E-state index in [1.807, 2.05) is 32.0 Å². The molecule has 3 nitrogen and oxygen atoms in total. The fraction of sp³-hybridized carbons (Fsp3) is 0.294. The zero-order valence-electron chi connectivity index (χ0n) is 13.1. The molecule has 22 heavy (non-hydrogen) atoms. The zero-order valence-corrected chi connectivity index (χ0v) is 14.7. The molecule has 0 fully saturated rings. The van der Waals surface area contributed by atoms with Crippen molar-refractivity contribution in [3.05, 3.63) is 54.9 Å². The molecule has 0 aliphatic rings. The van der Waals surface area contributed by atoms with Crippen molar-refractivity contribution in [3.8, 4) is 5.69 Å². The Balaban J connectivity index is 2.48. The molecule has 114 valence electrons. The number of fused-ring (bicyclic) bond motifs is 1. The number of aryl methyl sites for hydroxylation is 4. The average Bonchev–Trinajstić information content (AvgIpc) is 2.78. The first-order chi connectivity index (χ1) is 10.4. The second kappa shape index (κ2) is 5.48. The van der Waals surface area contributed by atoms with E-state index < -0.39 is 0 Å². The lowest BCUT2D eigenvalue weighted by molar-refractivity contribution is 0.928. The van der Waals surface area contributed by atoms with Crippen molar-refractivity contribution >= 4 is 33.8 Å². The molecule has 5 heteroatoms. The molecule has 3 aromatic rings. The maximum absolute atomic E-state index is 13.1. The van der Waals surface area contributed by atoms with Gasteiger partial charge in [0.05, 0.1) is 11.1 Å². The number of thiophene rings is 1. The van der Waals surface area contributed by atoms with Crippen LogP contribution in [0.2, 0.25) is 0 Å². The minimum Gasteiger partial charge on any atom is -0.323 e. The van der Waals surface area contributed by atoms with Gasteiger partial charge in [-0.2, -0.15) is 0 Å². The Morgan fingerprint density at radius 1 is 1.27 bits per heavy atom. The molecule has 0 unspecified atom stereocenters. The third-order valence-corrected chi connectivity index (χ3v) is 5.36. The van der Waals surface area contributed by atoms with Gasteiger partial charge < -0.3 is 4.98 Å². The van der Waals surface area contributed by atoms with E-state index in [4.69, 9.17) is 12.2 Å². The lowest BCUT2D eigenvalue weighted by Gasteiger charge is -2.11. The van der Waals surface area contributed by atoms with Gasteiger partial charge in [0.25, 0.3) is 5.56 Å². The Morgan fingerprint density at radius 2 is 2.00 bits per heavy atom. The van der Waals surface area contributed by atoms with E-state index in [1.54, 1.807) is 15.9 Å². The molecule has 0 aliphatic carbocycles. The first-order valence-electron chi connectivity index (χ1n) is 7.29. The fourth-order valence-electron chi connectivity index (χ4n) is 2.85. The minimum absolute atomic E-state index is 0.0198. The van der Waals surface area contributed by atoms with Crippen molar-refractivity contribution in [1.82, 2.24) is 9.55 Å². The van der Waals surface area contributed by atoms with E-state index in [0.29, 0.717) is 4.77 Å². The number of benzene rings is 1. The standard InChI is InChI=1S/C17H18N2OS2/c1-5-12-11(4)22-15-14(12)16(20)19(17(21)18-15)13-8-9(2)6-7-10(13)3/h6-8H,5H2,1-4H3,(H,18,21). The molecular weight excluding hydrogens is 312 g/mol. The third-order valence-electron chi connectivity index (χ3n) is 4.01. The molecule has 0 aliphatic heterocycles. The highest BCUT2D eigenvalue weighted by Gasteiger charge is 2.16. The van der Waals surface area contributed by atoms with Crippen LogP contribution in [-0.4, -0.2) is 9.55 Å². The van der Waals surface area contributed by atoms with Crippen LogP contribution in [0.25, 0.3) is 15.9 Å². The van der Waals surface area contributed by atoms with Crippen LogP contribution in [0.15, 0.2) is 23.0 Å². The number of hydrogen-bond donors (Lipinski definition) is 1. The van der Waals surface area contributed by atoms with Gasteiger partial charge in [0.1, 0.15) is 4.83 Å². The molecule has 0 radical (unpaired) electrons. The summed E-state index contributed by atoms with van der Waals surface area (Å²) in [4.78, 5) is 18.4. The summed E-state index contributed by atoms with van der Waals surface area (Å²) in [6, 6.07) is 6.08. The molecule has 1 N–H and O–H groups in total. The number of H-pyrrole nitrogens is 1. The van der Waals surface area contributed by atoms with E-state index in [0.717, 1.165) is 39.0 Å². The van der Waals surface area contributed by atoms with Gasteiger partial charge in [-0.05, 0) is 62.2 Å². The Kier molecular flexibility index (Phi) is 3.78. The van der Waals surface area contributed by atoms with Crippen molar-refractivity contribution < 1.29 is 0 Å². The molecular formula is C17H18N2OS2. The monoisotopic (exact) mass is 330 g/mol. The van der Waals surface area contributed by atoms with Crippen molar-refractivity contribution in [2.24, 2.45) is 0 Å². The van der Waals surface area contributed by atoms with Gasteiger partial charge >= 0.3 is 0 Å². The third kappa shape index (κ3) is 2.25. The SMILES string of the molecule is CCc1c(C)sc2[nH]c(=S)n(-c3cc(C)ccc3C)c(=O)c12. The van der Waals surface area contributed by atoms with Crippen molar-refractivity contribution in [3.63, 3.8) is 0 Å². The topological polar surface area (TPSA) is 37.8 Å². The summed E-state index contributed by atoms with van der Waals surface area (Å²) >= 11 is 7.06. The fourth-order valence-corrected chi connectivity index (χ4v) is 4.34. The van der Waals surface area contributed by atoms with E-state index in [2.05, 4.69) is 18.8 Å². The van der Waals surface area contributed by atoms with Crippen LogP contribution in [-0.2, 0) is 6.42 Å². The Morgan fingerprint density at radius 3 is 2.68 bits per heavy atom. The van der Waals surface area contributed by atoms with Gasteiger partial charge in [0.2, 0.25) is 0 Å². The number of nitrogens with zero attached hydrogens (tertiary/aromatic N) is 1. The van der Waals surface area contributed by atoms with E-state index >= 15 is 0 Å². The predicted molar refractivity (Wildman–Crippen MR) is 96.2 cm³/mol. The lowest BCUT2D eigenvalue weighted by atomic mass is 10.1. The Hall–Kier alpha value is -1.72. The van der Waals surface area contributed by atoms with Crippen LogP contribution < -0.4 is 5.56 Å². The summed E-state index contributed by atoms with van der Waals surface area (Å²) in [7, 11) is 0. The summed E-state index contributed by atoms with van der Waals surface area (Å²) in [5, 5.41) is 0.777. The van der Waals surface area contributed by atoms with Crippen molar-refractivity contribution in [2.45, 2.75) is 34.1 Å². The zero-order chi connectivity index (χ0) is 16.0. The first-order valence-corrected chi connectivity index (χ1v) is 8.51.